The lowest BCUT2D eigenvalue weighted by molar-refractivity contribution is 0.0600. The predicted molar refractivity (Wildman–Crippen MR) is 159 cm³/mol. The van der Waals surface area contributed by atoms with Crippen molar-refractivity contribution in [1.29, 1.82) is 0 Å². The minimum Gasteiger partial charge on any atom is -0.465 e. The first kappa shape index (κ1) is 27.4. The SMILES string of the molecule is COC(=O)c1ccc(-n2c(C)cc([C@@H]3[C@@H](c4ccccn4)NC(=S)N3c3ccc(NS(C)(=O)=O)cc3)c2C)cc1. The van der Waals surface area contributed by atoms with Gasteiger partial charge in [0.25, 0.3) is 0 Å². The van der Waals surface area contributed by atoms with E-state index in [2.05, 4.69) is 32.6 Å². The minimum atomic E-state index is -3.40. The molecule has 1 fully saturated rings. The van der Waals surface area contributed by atoms with Crippen LogP contribution in [0.1, 0.15) is 45.1 Å². The largest absolute Gasteiger partial charge is 0.465 e. The molecular weight excluding hydrogens is 546 g/mol. The van der Waals surface area contributed by atoms with E-state index in [1.165, 1.54) is 7.11 Å². The summed E-state index contributed by atoms with van der Waals surface area (Å²) in [5.74, 6) is -0.384. The monoisotopic (exact) mass is 575 g/mol. The first-order chi connectivity index (χ1) is 19.1. The van der Waals surface area contributed by atoms with Crippen molar-refractivity contribution in [3.05, 3.63) is 107 Å². The number of ether oxygens (including phenoxy) is 1. The van der Waals surface area contributed by atoms with Crippen molar-refractivity contribution in [1.82, 2.24) is 14.9 Å². The number of anilines is 2. The molecule has 0 spiro atoms. The highest BCUT2D eigenvalue weighted by Crippen LogP contribution is 2.44. The normalized spacial score (nSPS) is 17.0. The lowest BCUT2D eigenvalue weighted by atomic mass is 9.96. The number of benzene rings is 2. The third-order valence-corrected chi connectivity index (χ3v) is 7.80. The highest BCUT2D eigenvalue weighted by Gasteiger charge is 2.42. The summed E-state index contributed by atoms with van der Waals surface area (Å²) in [4.78, 5) is 18.6. The van der Waals surface area contributed by atoms with Gasteiger partial charge in [0.15, 0.2) is 5.11 Å². The molecule has 0 saturated carbocycles. The molecule has 2 aromatic heterocycles. The van der Waals surface area contributed by atoms with Crippen LogP contribution in [0.25, 0.3) is 5.69 Å². The molecule has 1 aliphatic rings. The number of aromatic nitrogens is 2. The van der Waals surface area contributed by atoms with E-state index in [0.717, 1.165) is 40.3 Å². The molecular formula is C29H29N5O4S2. The van der Waals surface area contributed by atoms with Crippen LogP contribution in [-0.2, 0) is 14.8 Å². The second-order valence-electron chi connectivity index (χ2n) is 9.62. The van der Waals surface area contributed by atoms with Gasteiger partial charge in [0, 0.05) is 34.6 Å². The Labute approximate surface area is 238 Å². The van der Waals surface area contributed by atoms with Crippen molar-refractivity contribution in [3.8, 4) is 5.69 Å². The van der Waals surface area contributed by atoms with Crippen molar-refractivity contribution in [2.75, 3.05) is 23.0 Å². The molecule has 0 amide bonds. The van der Waals surface area contributed by atoms with Crippen LogP contribution in [-0.4, -0.2) is 42.4 Å². The van der Waals surface area contributed by atoms with Crippen molar-refractivity contribution < 1.29 is 17.9 Å². The van der Waals surface area contributed by atoms with Crippen LogP contribution in [0.4, 0.5) is 11.4 Å². The number of nitrogens with one attached hydrogen (secondary N) is 2. The van der Waals surface area contributed by atoms with Crippen LogP contribution in [0.3, 0.4) is 0 Å². The quantitative estimate of drug-likeness (QED) is 0.239. The molecule has 11 heteroatoms. The highest BCUT2D eigenvalue weighted by molar-refractivity contribution is 7.92. The molecule has 0 radical (unpaired) electrons. The maximum atomic E-state index is 11.9. The zero-order valence-electron chi connectivity index (χ0n) is 22.5. The fourth-order valence-electron chi connectivity index (χ4n) is 5.20. The molecule has 5 rings (SSSR count). The molecule has 0 aliphatic carbocycles. The average Bonchev–Trinajstić information content (AvgIpc) is 3.43. The van der Waals surface area contributed by atoms with Crippen LogP contribution >= 0.6 is 12.2 Å². The van der Waals surface area contributed by atoms with Gasteiger partial charge in [-0.3, -0.25) is 9.71 Å². The van der Waals surface area contributed by atoms with Gasteiger partial charge in [-0.25, -0.2) is 13.2 Å². The van der Waals surface area contributed by atoms with Gasteiger partial charge in [0.05, 0.1) is 36.7 Å². The van der Waals surface area contributed by atoms with E-state index in [1.807, 2.05) is 54.3 Å². The van der Waals surface area contributed by atoms with Gasteiger partial charge in [-0.1, -0.05) is 6.07 Å². The second-order valence-corrected chi connectivity index (χ2v) is 11.8. The molecule has 4 aromatic rings. The van der Waals surface area contributed by atoms with Gasteiger partial charge >= 0.3 is 5.97 Å². The van der Waals surface area contributed by atoms with Crippen LogP contribution in [0.5, 0.6) is 0 Å². The molecule has 2 N–H and O–H groups in total. The third-order valence-electron chi connectivity index (χ3n) is 6.88. The van der Waals surface area contributed by atoms with Crippen LogP contribution < -0.4 is 14.9 Å². The number of sulfonamides is 1. The number of carbonyl (C=O) groups excluding carboxylic acids is 1. The molecule has 2 atom stereocenters. The summed E-state index contributed by atoms with van der Waals surface area (Å²) in [7, 11) is -2.04. The molecule has 2 aromatic carbocycles. The Kier molecular flexibility index (Phi) is 7.35. The zero-order valence-corrected chi connectivity index (χ0v) is 24.1. The topological polar surface area (TPSA) is 106 Å². The standard InChI is InChI=1S/C29H29N5O4S2/c1-18-17-24(19(2)33(18)22-12-8-20(9-13-22)28(35)38-3)27-26(25-7-5-6-16-30-25)31-29(39)34(27)23-14-10-21(11-15-23)32-40(4,36)37/h5-17,26-27,32H,1-4H3,(H,31,39)/t26-,27-/m1/s1. The number of aryl methyl sites for hydroxylation is 1. The molecule has 0 bridgehead atoms. The van der Waals surface area contributed by atoms with E-state index in [1.54, 1.807) is 30.5 Å². The Morgan fingerprint density at radius 1 is 1.02 bits per heavy atom. The fraction of sp³-hybridized carbons (Fsp3) is 0.207. The smallest absolute Gasteiger partial charge is 0.337 e. The summed E-state index contributed by atoms with van der Waals surface area (Å²) in [6.45, 7) is 4.10. The lowest BCUT2D eigenvalue weighted by Crippen LogP contribution is -2.29. The lowest BCUT2D eigenvalue weighted by Gasteiger charge is -2.28. The number of hydrogen-bond acceptors (Lipinski definition) is 6. The number of esters is 1. The van der Waals surface area contributed by atoms with Gasteiger partial charge in [-0.15, -0.1) is 0 Å². The van der Waals surface area contributed by atoms with Crippen LogP contribution in [0, 0.1) is 13.8 Å². The summed E-state index contributed by atoms with van der Waals surface area (Å²) in [5.41, 5.74) is 6.61. The molecule has 40 heavy (non-hydrogen) atoms. The van der Waals surface area contributed by atoms with Gasteiger partial charge in [0.2, 0.25) is 10.0 Å². The molecule has 9 nitrogen and oxygen atoms in total. The van der Waals surface area contributed by atoms with E-state index in [9.17, 15) is 13.2 Å². The molecule has 206 valence electrons. The number of nitrogens with zero attached hydrogens (tertiary/aromatic N) is 3. The average molecular weight is 576 g/mol. The molecule has 1 saturated heterocycles. The van der Waals surface area contributed by atoms with E-state index < -0.39 is 10.0 Å². The van der Waals surface area contributed by atoms with Gasteiger partial charge in [0.1, 0.15) is 0 Å². The maximum Gasteiger partial charge on any atom is 0.337 e. The molecule has 1 aliphatic heterocycles. The number of hydrogen-bond donors (Lipinski definition) is 2. The van der Waals surface area contributed by atoms with Crippen molar-refractivity contribution in [2.45, 2.75) is 25.9 Å². The Bertz CT molecular complexity index is 1670. The van der Waals surface area contributed by atoms with Gasteiger partial charge in [-0.05, 0) is 98.4 Å². The summed E-state index contributed by atoms with van der Waals surface area (Å²) in [6.07, 6.45) is 2.88. The van der Waals surface area contributed by atoms with Crippen molar-refractivity contribution >= 4 is 44.7 Å². The summed E-state index contributed by atoms with van der Waals surface area (Å²) >= 11 is 5.85. The van der Waals surface area contributed by atoms with Crippen LogP contribution in [0.2, 0.25) is 0 Å². The zero-order chi connectivity index (χ0) is 28.6. The minimum absolute atomic E-state index is 0.238. The first-order valence-electron chi connectivity index (χ1n) is 12.5. The third kappa shape index (κ3) is 5.30. The van der Waals surface area contributed by atoms with E-state index in [-0.39, 0.29) is 18.1 Å². The summed E-state index contributed by atoms with van der Waals surface area (Å²) in [6, 6.07) is 21.9. The Morgan fingerprint density at radius 3 is 2.30 bits per heavy atom. The predicted octanol–water partition coefficient (Wildman–Crippen LogP) is 4.82. The molecule has 3 heterocycles. The molecule has 0 unspecified atom stereocenters. The number of carbonyl (C=O) groups is 1. The van der Waals surface area contributed by atoms with Crippen molar-refractivity contribution in [2.24, 2.45) is 0 Å². The number of methoxy groups -OCH3 is 1. The van der Waals surface area contributed by atoms with E-state index >= 15 is 0 Å². The number of pyridine rings is 1. The Morgan fingerprint density at radius 2 is 1.70 bits per heavy atom. The van der Waals surface area contributed by atoms with E-state index in [4.69, 9.17) is 17.0 Å². The number of rotatable bonds is 7. The number of thiocarbonyl (C=S) groups is 1. The second kappa shape index (κ2) is 10.7. The fourth-order valence-corrected chi connectivity index (χ4v) is 6.11. The first-order valence-corrected chi connectivity index (χ1v) is 14.8. The highest BCUT2D eigenvalue weighted by atomic mass is 32.2. The Hall–Kier alpha value is -4.22. The maximum absolute atomic E-state index is 11.9. The van der Waals surface area contributed by atoms with Gasteiger partial charge in [-0.2, -0.15) is 0 Å². The summed E-state index contributed by atoms with van der Waals surface area (Å²) in [5, 5.41) is 4.00. The summed E-state index contributed by atoms with van der Waals surface area (Å²) < 4.78 is 32.9. The van der Waals surface area contributed by atoms with Crippen molar-refractivity contribution in [3.63, 3.8) is 0 Å². The van der Waals surface area contributed by atoms with Gasteiger partial charge < -0.3 is 19.5 Å². The van der Waals surface area contributed by atoms with Crippen LogP contribution in [0.15, 0.2) is 79.0 Å². The Balaban J connectivity index is 1.59. The van der Waals surface area contributed by atoms with E-state index in [0.29, 0.717) is 16.4 Å².